The summed E-state index contributed by atoms with van der Waals surface area (Å²) in [5, 5.41) is 21.2. The Morgan fingerprint density at radius 2 is 2.24 bits per heavy atom. The second-order valence-corrected chi connectivity index (χ2v) is 4.23. The highest BCUT2D eigenvalue weighted by Crippen LogP contribution is 2.33. The molecule has 0 bridgehead atoms. The van der Waals surface area contributed by atoms with E-state index in [4.69, 9.17) is 5.26 Å². The van der Waals surface area contributed by atoms with E-state index in [0.717, 1.165) is 12.8 Å². The van der Waals surface area contributed by atoms with Crippen LogP contribution in [0.25, 0.3) is 0 Å². The van der Waals surface area contributed by atoms with Crippen LogP contribution in [0, 0.1) is 11.3 Å². The van der Waals surface area contributed by atoms with Gasteiger partial charge in [0.05, 0.1) is 5.56 Å². The third-order valence-electron chi connectivity index (χ3n) is 3.15. The van der Waals surface area contributed by atoms with Crippen molar-refractivity contribution < 1.29 is 9.90 Å². The van der Waals surface area contributed by atoms with Crippen LogP contribution in [-0.4, -0.2) is 21.6 Å². The molecule has 0 amide bonds. The quantitative estimate of drug-likeness (QED) is 0.827. The maximum absolute atomic E-state index is 11.4. The third kappa shape index (κ3) is 2.07. The molecule has 2 N–H and O–H groups in total. The number of anilines is 1. The van der Waals surface area contributed by atoms with E-state index in [-0.39, 0.29) is 0 Å². The Morgan fingerprint density at radius 1 is 1.53 bits per heavy atom. The van der Waals surface area contributed by atoms with Gasteiger partial charge in [0.15, 0.2) is 0 Å². The molecule has 1 heterocycles. The van der Waals surface area contributed by atoms with Crippen molar-refractivity contribution in [2.24, 2.45) is 0 Å². The SMILES string of the molecule is N#Cc1cccnc1NC1(C(=O)O)CCCC1. The third-order valence-corrected chi connectivity index (χ3v) is 3.15. The number of nitrogens with one attached hydrogen (secondary N) is 1. The van der Waals surface area contributed by atoms with Crippen LogP contribution >= 0.6 is 0 Å². The highest BCUT2D eigenvalue weighted by atomic mass is 16.4. The number of nitriles is 1. The average molecular weight is 231 g/mol. The summed E-state index contributed by atoms with van der Waals surface area (Å²) >= 11 is 0. The number of nitrogens with zero attached hydrogens (tertiary/aromatic N) is 2. The molecule has 5 nitrogen and oxygen atoms in total. The zero-order valence-electron chi connectivity index (χ0n) is 9.31. The van der Waals surface area contributed by atoms with E-state index in [1.54, 1.807) is 18.3 Å². The Morgan fingerprint density at radius 3 is 2.82 bits per heavy atom. The Kier molecular flexibility index (Phi) is 2.96. The van der Waals surface area contributed by atoms with E-state index in [1.165, 1.54) is 0 Å². The highest BCUT2D eigenvalue weighted by molar-refractivity contribution is 5.83. The molecule has 88 valence electrons. The predicted molar refractivity (Wildman–Crippen MR) is 61.4 cm³/mol. The zero-order valence-corrected chi connectivity index (χ0v) is 9.31. The van der Waals surface area contributed by atoms with Gasteiger partial charge in [-0.2, -0.15) is 5.26 Å². The lowest BCUT2D eigenvalue weighted by molar-refractivity contribution is -0.142. The maximum Gasteiger partial charge on any atom is 0.329 e. The van der Waals surface area contributed by atoms with Crippen LogP contribution in [-0.2, 0) is 4.79 Å². The van der Waals surface area contributed by atoms with Crippen molar-refractivity contribution in [1.29, 1.82) is 5.26 Å². The summed E-state index contributed by atoms with van der Waals surface area (Å²) in [7, 11) is 0. The summed E-state index contributed by atoms with van der Waals surface area (Å²) in [6.45, 7) is 0. The molecule has 1 aliphatic rings. The van der Waals surface area contributed by atoms with Crippen LogP contribution < -0.4 is 5.32 Å². The second-order valence-electron chi connectivity index (χ2n) is 4.23. The van der Waals surface area contributed by atoms with Crippen molar-refractivity contribution in [3.8, 4) is 6.07 Å². The summed E-state index contributed by atoms with van der Waals surface area (Å²) in [6.07, 6.45) is 4.46. The molecule has 1 aromatic heterocycles. The van der Waals surface area contributed by atoms with E-state index in [2.05, 4.69) is 10.3 Å². The van der Waals surface area contributed by atoms with Gasteiger partial charge < -0.3 is 10.4 Å². The van der Waals surface area contributed by atoms with Gasteiger partial charge in [0.2, 0.25) is 0 Å². The number of hydrogen-bond acceptors (Lipinski definition) is 4. The van der Waals surface area contributed by atoms with Crippen LogP contribution in [0.4, 0.5) is 5.82 Å². The first-order chi connectivity index (χ1) is 8.18. The van der Waals surface area contributed by atoms with Crippen LogP contribution in [0.2, 0.25) is 0 Å². The molecule has 0 atom stereocenters. The Labute approximate surface area is 99.1 Å². The van der Waals surface area contributed by atoms with Crippen molar-refractivity contribution in [2.45, 2.75) is 31.2 Å². The fourth-order valence-electron chi connectivity index (χ4n) is 2.19. The molecule has 5 heteroatoms. The summed E-state index contributed by atoms with van der Waals surface area (Å²) in [5.74, 6) is -0.510. The number of carboxylic acids is 1. The van der Waals surface area contributed by atoms with Gasteiger partial charge in [-0.05, 0) is 25.0 Å². The molecular formula is C12H13N3O2. The molecule has 1 saturated carbocycles. The van der Waals surface area contributed by atoms with Gasteiger partial charge in [0, 0.05) is 6.20 Å². The zero-order chi connectivity index (χ0) is 12.3. The van der Waals surface area contributed by atoms with Crippen LogP contribution in [0.5, 0.6) is 0 Å². The van der Waals surface area contributed by atoms with Crippen molar-refractivity contribution in [2.75, 3.05) is 5.32 Å². The summed E-state index contributed by atoms with van der Waals surface area (Å²) in [5.41, 5.74) is -0.583. The second kappa shape index (κ2) is 4.42. The minimum atomic E-state index is -0.958. The van der Waals surface area contributed by atoms with Gasteiger partial charge in [-0.3, -0.25) is 0 Å². The summed E-state index contributed by atoms with van der Waals surface area (Å²) < 4.78 is 0. The summed E-state index contributed by atoms with van der Waals surface area (Å²) in [6, 6.07) is 5.29. The molecule has 2 rings (SSSR count). The average Bonchev–Trinajstić information content (AvgIpc) is 2.80. The van der Waals surface area contributed by atoms with E-state index in [9.17, 15) is 9.90 Å². The van der Waals surface area contributed by atoms with Crippen LogP contribution in [0.1, 0.15) is 31.2 Å². The van der Waals surface area contributed by atoms with E-state index in [0.29, 0.717) is 24.2 Å². The minimum Gasteiger partial charge on any atom is -0.480 e. The van der Waals surface area contributed by atoms with E-state index < -0.39 is 11.5 Å². The molecular weight excluding hydrogens is 218 g/mol. The standard InChI is InChI=1S/C12H13N3O2/c13-8-9-4-3-7-14-10(9)15-12(11(16)17)5-1-2-6-12/h3-4,7H,1-2,5-6H2,(H,14,15)(H,16,17). The van der Waals surface area contributed by atoms with Gasteiger partial charge in [-0.1, -0.05) is 12.8 Å². The van der Waals surface area contributed by atoms with E-state index >= 15 is 0 Å². The molecule has 0 unspecified atom stereocenters. The number of carboxylic acid groups (broad SMARTS) is 1. The largest absolute Gasteiger partial charge is 0.480 e. The molecule has 1 aromatic rings. The highest BCUT2D eigenvalue weighted by Gasteiger charge is 2.41. The predicted octanol–water partition coefficient (Wildman–Crippen LogP) is 1.76. The molecule has 0 aliphatic heterocycles. The number of rotatable bonds is 3. The van der Waals surface area contributed by atoms with Gasteiger partial charge in [-0.25, -0.2) is 9.78 Å². The van der Waals surface area contributed by atoms with Gasteiger partial charge in [0.1, 0.15) is 17.4 Å². The number of aliphatic carboxylic acids is 1. The first-order valence-electron chi connectivity index (χ1n) is 5.55. The Hall–Kier alpha value is -2.09. The minimum absolute atomic E-state index is 0.360. The maximum atomic E-state index is 11.4. The number of pyridine rings is 1. The fourth-order valence-corrected chi connectivity index (χ4v) is 2.19. The first kappa shape index (κ1) is 11.4. The van der Waals surface area contributed by atoms with Gasteiger partial charge in [0.25, 0.3) is 0 Å². The van der Waals surface area contributed by atoms with Gasteiger partial charge >= 0.3 is 5.97 Å². The Bertz CT molecular complexity index is 473. The normalized spacial score (nSPS) is 17.4. The van der Waals surface area contributed by atoms with Crippen LogP contribution in [0.3, 0.4) is 0 Å². The molecule has 0 saturated heterocycles. The topological polar surface area (TPSA) is 86.0 Å². The lowest BCUT2D eigenvalue weighted by atomic mass is 9.97. The van der Waals surface area contributed by atoms with E-state index in [1.807, 2.05) is 6.07 Å². The van der Waals surface area contributed by atoms with Crippen molar-refractivity contribution in [1.82, 2.24) is 4.98 Å². The van der Waals surface area contributed by atoms with Crippen LogP contribution in [0.15, 0.2) is 18.3 Å². The molecule has 0 radical (unpaired) electrons. The number of aromatic nitrogens is 1. The van der Waals surface area contributed by atoms with Gasteiger partial charge in [-0.15, -0.1) is 0 Å². The van der Waals surface area contributed by atoms with Crippen molar-refractivity contribution in [3.05, 3.63) is 23.9 Å². The van der Waals surface area contributed by atoms with Crippen molar-refractivity contribution in [3.63, 3.8) is 0 Å². The Balaban J connectivity index is 2.30. The monoisotopic (exact) mass is 231 g/mol. The summed E-state index contributed by atoms with van der Waals surface area (Å²) in [4.78, 5) is 15.4. The molecule has 1 fully saturated rings. The lowest BCUT2D eigenvalue weighted by Crippen LogP contribution is -2.44. The molecule has 0 aromatic carbocycles. The number of hydrogen-bond donors (Lipinski definition) is 2. The number of carbonyl (C=O) groups is 1. The van der Waals surface area contributed by atoms with Crippen molar-refractivity contribution >= 4 is 11.8 Å². The molecule has 1 aliphatic carbocycles. The first-order valence-corrected chi connectivity index (χ1v) is 5.55. The molecule has 17 heavy (non-hydrogen) atoms. The molecule has 0 spiro atoms. The lowest BCUT2D eigenvalue weighted by Gasteiger charge is -2.26. The smallest absolute Gasteiger partial charge is 0.329 e. The fraction of sp³-hybridized carbons (Fsp3) is 0.417.